The number of fused-ring (bicyclic) bond motifs is 1. The Labute approximate surface area is 161 Å². The van der Waals surface area contributed by atoms with Crippen LogP contribution in [0.25, 0.3) is 22.3 Å². The molecule has 1 N–H and O–H groups in total. The summed E-state index contributed by atoms with van der Waals surface area (Å²) in [6.07, 6.45) is 5.57. The van der Waals surface area contributed by atoms with Gasteiger partial charge in [-0.05, 0) is 48.7 Å². The number of benzene rings is 2. The van der Waals surface area contributed by atoms with Crippen molar-refractivity contribution in [2.75, 3.05) is 18.7 Å². The second kappa shape index (κ2) is 7.63. The van der Waals surface area contributed by atoms with Crippen LogP contribution >= 0.6 is 11.8 Å². The summed E-state index contributed by atoms with van der Waals surface area (Å²) in [5, 5.41) is 4.38. The van der Waals surface area contributed by atoms with E-state index < -0.39 is 0 Å². The van der Waals surface area contributed by atoms with Crippen LogP contribution in [0.3, 0.4) is 0 Å². The fraction of sp³-hybridized carbons (Fsp3) is 0.0952. The highest BCUT2D eigenvalue weighted by molar-refractivity contribution is 7.98. The second-order valence-corrected chi connectivity index (χ2v) is 6.69. The number of methoxy groups -OCH3 is 1. The average molecular weight is 374 g/mol. The van der Waals surface area contributed by atoms with Crippen molar-refractivity contribution in [3.8, 4) is 17.1 Å². The van der Waals surface area contributed by atoms with Crippen molar-refractivity contribution >= 4 is 34.2 Å². The minimum absolute atomic E-state index is 0.630. The van der Waals surface area contributed by atoms with Gasteiger partial charge in [-0.15, -0.1) is 11.8 Å². The summed E-state index contributed by atoms with van der Waals surface area (Å²) in [5.74, 6) is 2.13. The Bertz CT molecular complexity index is 1090. The van der Waals surface area contributed by atoms with Gasteiger partial charge < -0.3 is 10.1 Å². The molecule has 0 atom stereocenters. The number of para-hydroxylation sites is 1. The van der Waals surface area contributed by atoms with Crippen molar-refractivity contribution in [1.29, 1.82) is 0 Å². The van der Waals surface area contributed by atoms with Gasteiger partial charge in [-0.2, -0.15) is 0 Å². The SMILES string of the molecule is COc1ccc2nc(-c3cccnc3)nc(Nc3ccccc3SC)c2c1. The van der Waals surface area contributed by atoms with Crippen molar-refractivity contribution in [2.45, 2.75) is 4.90 Å². The first-order valence-corrected chi connectivity index (χ1v) is 9.67. The van der Waals surface area contributed by atoms with Crippen LogP contribution in [0.2, 0.25) is 0 Å². The number of pyridine rings is 1. The van der Waals surface area contributed by atoms with Crippen molar-refractivity contribution in [3.05, 3.63) is 67.0 Å². The molecule has 0 aliphatic heterocycles. The topological polar surface area (TPSA) is 59.9 Å². The third-order valence-electron chi connectivity index (χ3n) is 4.18. The van der Waals surface area contributed by atoms with Crippen LogP contribution in [0.4, 0.5) is 11.5 Å². The van der Waals surface area contributed by atoms with Crippen LogP contribution in [-0.2, 0) is 0 Å². The van der Waals surface area contributed by atoms with Crippen LogP contribution in [0, 0.1) is 0 Å². The van der Waals surface area contributed by atoms with E-state index in [0.29, 0.717) is 5.82 Å². The summed E-state index contributed by atoms with van der Waals surface area (Å²) in [6.45, 7) is 0. The van der Waals surface area contributed by atoms with Gasteiger partial charge in [0.25, 0.3) is 0 Å². The molecule has 2 heterocycles. The molecule has 0 aliphatic carbocycles. The Balaban J connectivity index is 1.90. The van der Waals surface area contributed by atoms with Gasteiger partial charge in [0.2, 0.25) is 0 Å². The van der Waals surface area contributed by atoms with Crippen LogP contribution < -0.4 is 10.1 Å². The molecule has 0 unspecified atom stereocenters. The minimum atomic E-state index is 0.630. The Hall–Kier alpha value is -3.12. The summed E-state index contributed by atoms with van der Waals surface area (Å²) in [7, 11) is 1.65. The molecule has 27 heavy (non-hydrogen) atoms. The summed E-state index contributed by atoms with van der Waals surface area (Å²) in [6, 6.07) is 17.8. The van der Waals surface area contributed by atoms with Gasteiger partial charge in [0, 0.05) is 28.2 Å². The van der Waals surface area contributed by atoms with E-state index in [-0.39, 0.29) is 0 Å². The lowest BCUT2D eigenvalue weighted by Crippen LogP contribution is -2.00. The van der Waals surface area contributed by atoms with E-state index in [4.69, 9.17) is 14.7 Å². The first kappa shape index (κ1) is 17.3. The molecular weight excluding hydrogens is 356 g/mol. The maximum Gasteiger partial charge on any atom is 0.163 e. The molecule has 0 amide bonds. The van der Waals surface area contributed by atoms with Crippen LogP contribution in [0.15, 0.2) is 71.9 Å². The van der Waals surface area contributed by atoms with E-state index in [0.717, 1.165) is 38.6 Å². The van der Waals surface area contributed by atoms with E-state index >= 15 is 0 Å². The number of aromatic nitrogens is 3. The lowest BCUT2D eigenvalue weighted by atomic mass is 10.2. The molecular formula is C21H18N4OS. The van der Waals surface area contributed by atoms with Crippen LogP contribution in [0.5, 0.6) is 5.75 Å². The molecule has 0 saturated carbocycles. The highest BCUT2D eigenvalue weighted by Crippen LogP contribution is 2.32. The fourth-order valence-corrected chi connectivity index (χ4v) is 3.38. The van der Waals surface area contributed by atoms with E-state index in [2.05, 4.69) is 22.6 Å². The molecule has 2 aromatic heterocycles. The maximum absolute atomic E-state index is 5.39. The average Bonchev–Trinajstić information content (AvgIpc) is 2.74. The number of ether oxygens (including phenoxy) is 1. The van der Waals surface area contributed by atoms with E-state index in [1.54, 1.807) is 31.3 Å². The Morgan fingerprint density at radius 3 is 2.67 bits per heavy atom. The molecule has 4 aromatic rings. The van der Waals surface area contributed by atoms with Crippen molar-refractivity contribution in [2.24, 2.45) is 0 Å². The number of anilines is 2. The molecule has 0 radical (unpaired) electrons. The molecule has 0 bridgehead atoms. The first-order chi connectivity index (χ1) is 13.3. The molecule has 134 valence electrons. The zero-order chi connectivity index (χ0) is 18.6. The normalized spacial score (nSPS) is 10.7. The van der Waals surface area contributed by atoms with Gasteiger partial charge in [0.05, 0.1) is 18.3 Å². The van der Waals surface area contributed by atoms with Gasteiger partial charge in [-0.1, -0.05) is 12.1 Å². The van der Waals surface area contributed by atoms with Crippen molar-refractivity contribution < 1.29 is 4.74 Å². The van der Waals surface area contributed by atoms with E-state index in [9.17, 15) is 0 Å². The molecule has 0 saturated heterocycles. The summed E-state index contributed by atoms with van der Waals surface area (Å²) in [4.78, 5) is 14.8. The van der Waals surface area contributed by atoms with E-state index in [1.807, 2.05) is 48.5 Å². The zero-order valence-electron chi connectivity index (χ0n) is 15.0. The van der Waals surface area contributed by atoms with E-state index in [1.165, 1.54) is 0 Å². The molecule has 0 spiro atoms. The molecule has 2 aromatic carbocycles. The second-order valence-electron chi connectivity index (χ2n) is 5.85. The molecule has 6 heteroatoms. The fourth-order valence-electron chi connectivity index (χ4n) is 2.83. The number of hydrogen-bond donors (Lipinski definition) is 1. The van der Waals surface area contributed by atoms with Gasteiger partial charge in [-0.25, -0.2) is 9.97 Å². The maximum atomic E-state index is 5.39. The summed E-state index contributed by atoms with van der Waals surface area (Å²) < 4.78 is 5.39. The largest absolute Gasteiger partial charge is 0.497 e. The zero-order valence-corrected chi connectivity index (χ0v) is 15.8. The summed E-state index contributed by atoms with van der Waals surface area (Å²) >= 11 is 1.69. The number of nitrogens with zero attached hydrogens (tertiary/aromatic N) is 3. The Morgan fingerprint density at radius 2 is 1.89 bits per heavy atom. The van der Waals surface area contributed by atoms with Crippen LogP contribution in [0.1, 0.15) is 0 Å². The Kier molecular flexibility index (Phi) is 4.89. The standard InChI is InChI=1S/C21H18N4OS/c1-26-15-9-10-17-16(12-15)21(24-18-7-3-4-8-19(18)27-2)25-20(23-17)14-6-5-11-22-13-14/h3-13H,1-2H3,(H,23,24,25). The smallest absolute Gasteiger partial charge is 0.163 e. The highest BCUT2D eigenvalue weighted by Gasteiger charge is 2.12. The predicted molar refractivity (Wildman–Crippen MR) is 111 cm³/mol. The number of thioether (sulfide) groups is 1. The number of hydrogen-bond acceptors (Lipinski definition) is 6. The van der Waals surface area contributed by atoms with Crippen molar-refractivity contribution in [3.63, 3.8) is 0 Å². The van der Waals surface area contributed by atoms with Gasteiger partial charge >= 0.3 is 0 Å². The molecule has 4 rings (SSSR count). The molecule has 5 nitrogen and oxygen atoms in total. The quantitative estimate of drug-likeness (QED) is 0.487. The Morgan fingerprint density at radius 1 is 1.00 bits per heavy atom. The minimum Gasteiger partial charge on any atom is -0.497 e. The monoisotopic (exact) mass is 374 g/mol. The molecule has 0 fully saturated rings. The third kappa shape index (κ3) is 3.57. The summed E-state index contributed by atoms with van der Waals surface area (Å²) in [5.41, 5.74) is 2.72. The highest BCUT2D eigenvalue weighted by atomic mass is 32.2. The first-order valence-electron chi connectivity index (χ1n) is 8.44. The molecule has 0 aliphatic rings. The van der Waals surface area contributed by atoms with Gasteiger partial charge in [-0.3, -0.25) is 4.98 Å². The number of nitrogens with one attached hydrogen (secondary N) is 1. The predicted octanol–water partition coefficient (Wildman–Crippen LogP) is 5.17. The number of rotatable bonds is 5. The third-order valence-corrected chi connectivity index (χ3v) is 4.98. The lowest BCUT2D eigenvalue weighted by Gasteiger charge is -2.14. The van der Waals surface area contributed by atoms with Crippen LogP contribution in [-0.4, -0.2) is 28.3 Å². The van der Waals surface area contributed by atoms with Crippen molar-refractivity contribution in [1.82, 2.24) is 15.0 Å². The lowest BCUT2D eigenvalue weighted by molar-refractivity contribution is 0.415. The van der Waals surface area contributed by atoms with Gasteiger partial charge in [0.1, 0.15) is 11.6 Å². The van der Waals surface area contributed by atoms with Gasteiger partial charge in [0.15, 0.2) is 5.82 Å².